The zero-order valence-corrected chi connectivity index (χ0v) is 16.9. The van der Waals surface area contributed by atoms with Crippen LogP contribution in [0.5, 0.6) is 11.5 Å². The molecule has 1 aromatic heterocycles. The van der Waals surface area contributed by atoms with Gasteiger partial charge in [0.1, 0.15) is 12.7 Å². The van der Waals surface area contributed by atoms with E-state index >= 15 is 0 Å². The summed E-state index contributed by atoms with van der Waals surface area (Å²) in [6.45, 7) is 7.27. The second-order valence-corrected chi connectivity index (χ2v) is 7.40. The van der Waals surface area contributed by atoms with E-state index in [1.165, 1.54) is 5.56 Å². The molecule has 3 aromatic rings. The van der Waals surface area contributed by atoms with E-state index < -0.39 is 0 Å². The summed E-state index contributed by atoms with van der Waals surface area (Å²) in [5.74, 6) is 1.30. The number of carbonyl (C=O) groups is 1. The largest absolute Gasteiger partial charge is 0.486 e. The summed E-state index contributed by atoms with van der Waals surface area (Å²) < 4.78 is 13.5. The normalized spacial score (nSPS) is 15.2. The van der Waals surface area contributed by atoms with Gasteiger partial charge in [-0.05, 0) is 38.5 Å². The number of aromatic nitrogens is 2. The molecule has 1 aliphatic heterocycles. The van der Waals surface area contributed by atoms with E-state index in [0.717, 1.165) is 22.7 Å². The van der Waals surface area contributed by atoms with Crippen molar-refractivity contribution in [2.24, 2.45) is 0 Å². The van der Waals surface area contributed by atoms with Gasteiger partial charge in [0.15, 0.2) is 11.5 Å². The van der Waals surface area contributed by atoms with Crippen molar-refractivity contribution in [3.8, 4) is 11.5 Å². The maximum Gasteiger partial charge on any atom is 0.255 e. The Bertz CT molecular complexity index is 1020. The molecule has 0 aliphatic carbocycles. The van der Waals surface area contributed by atoms with Crippen molar-refractivity contribution in [2.45, 2.75) is 33.4 Å². The minimum Gasteiger partial charge on any atom is -0.486 e. The van der Waals surface area contributed by atoms with Gasteiger partial charge in [-0.1, -0.05) is 42.0 Å². The molecule has 1 aliphatic rings. The van der Waals surface area contributed by atoms with Crippen molar-refractivity contribution in [3.05, 3.63) is 76.6 Å². The fraction of sp³-hybridized carbons (Fsp3) is 0.304. The summed E-state index contributed by atoms with van der Waals surface area (Å²) in [5, 5.41) is 7.54. The Balaban J connectivity index is 1.41. The third-order valence-electron chi connectivity index (χ3n) is 5.12. The number of ether oxygens (including phenoxy) is 2. The minimum absolute atomic E-state index is 0.141. The molecule has 0 bridgehead atoms. The smallest absolute Gasteiger partial charge is 0.255 e. The zero-order chi connectivity index (χ0) is 20.4. The summed E-state index contributed by atoms with van der Waals surface area (Å²) in [5.41, 5.74) is 4.57. The molecule has 0 saturated heterocycles. The monoisotopic (exact) mass is 391 g/mol. The molecule has 6 heteroatoms. The molecule has 1 amide bonds. The van der Waals surface area contributed by atoms with Gasteiger partial charge in [-0.15, -0.1) is 0 Å². The van der Waals surface area contributed by atoms with E-state index in [0.29, 0.717) is 31.0 Å². The molecule has 0 fully saturated rings. The van der Waals surface area contributed by atoms with Crippen LogP contribution in [0.3, 0.4) is 0 Å². The molecule has 1 atom stereocenters. The topological polar surface area (TPSA) is 65.4 Å². The van der Waals surface area contributed by atoms with Crippen LogP contribution in [0.4, 0.5) is 0 Å². The van der Waals surface area contributed by atoms with E-state index in [2.05, 4.69) is 41.6 Å². The van der Waals surface area contributed by atoms with Crippen molar-refractivity contribution in [1.82, 2.24) is 15.1 Å². The van der Waals surface area contributed by atoms with E-state index in [-0.39, 0.29) is 12.0 Å². The number of carbonyl (C=O) groups excluding carboxylic acids is 1. The van der Waals surface area contributed by atoms with Crippen LogP contribution in [0, 0.1) is 20.8 Å². The number of para-hydroxylation sites is 2. The number of nitrogens with one attached hydrogen (secondary N) is 1. The summed E-state index contributed by atoms with van der Waals surface area (Å²) in [7, 11) is 0. The number of hydrogen-bond acceptors (Lipinski definition) is 4. The van der Waals surface area contributed by atoms with Gasteiger partial charge >= 0.3 is 0 Å². The highest BCUT2D eigenvalue weighted by Gasteiger charge is 2.23. The lowest BCUT2D eigenvalue weighted by molar-refractivity contribution is 0.0788. The predicted octanol–water partition coefficient (Wildman–Crippen LogP) is 3.43. The van der Waals surface area contributed by atoms with Gasteiger partial charge < -0.3 is 14.8 Å². The van der Waals surface area contributed by atoms with Crippen LogP contribution in [-0.2, 0) is 6.54 Å². The molecular formula is C23H25N3O3. The Morgan fingerprint density at radius 3 is 2.59 bits per heavy atom. The van der Waals surface area contributed by atoms with Crippen LogP contribution in [-0.4, -0.2) is 34.9 Å². The maximum absolute atomic E-state index is 12.8. The third-order valence-corrected chi connectivity index (χ3v) is 5.12. The number of nitrogens with zero attached hydrogens (tertiary/aromatic N) is 2. The molecular weight excluding hydrogens is 366 g/mol. The summed E-state index contributed by atoms with van der Waals surface area (Å²) in [4.78, 5) is 12.8. The Morgan fingerprint density at radius 2 is 1.83 bits per heavy atom. The average molecular weight is 391 g/mol. The highest BCUT2D eigenvalue weighted by molar-refractivity contribution is 5.96. The lowest BCUT2D eigenvalue weighted by atomic mass is 10.1. The number of amides is 1. The van der Waals surface area contributed by atoms with E-state index in [9.17, 15) is 4.79 Å². The quantitative estimate of drug-likeness (QED) is 0.724. The van der Waals surface area contributed by atoms with Crippen LogP contribution < -0.4 is 14.8 Å². The first-order valence-corrected chi connectivity index (χ1v) is 9.77. The fourth-order valence-electron chi connectivity index (χ4n) is 3.50. The van der Waals surface area contributed by atoms with Gasteiger partial charge in [0.2, 0.25) is 0 Å². The van der Waals surface area contributed by atoms with E-state index in [1.54, 1.807) is 0 Å². The molecule has 2 heterocycles. The number of benzene rings is 2. The number of aryl methyl sites for hydroxylation is 2. The predicted molar refractivity (Wildman–Crippen MR) is 111 cm³/mol. The molecule has 150 valence electrons. The molecule has 2 aromatic carbocycles. The second kappa shape index (κ2) is 7.99. The lowest BCUT2D eigenvalue weighted by Crippen LogP contribution is -2.41. The second-order valence-electron chi connectivity index (χ2n) is 7.40. The molecule has 4 rings (SSSR count). The summed E-state index contributed by atoms with van der Waals surface area (Å²) >= 11 is 0. The molecule has 0 saturated carbocycles. The molecule has 0 spiro atoms. The first kappa shape index (κ1) is 19.1. The maximum atomic E-state index is 12.8. The van der Waals surface area contributed by atoms with Gasteiger partial charge in [-0.3, -0.25) is 9.48 Å². The average Bonchev–Trinajstić information content (AvgIpc) is 3.00. The van der Waals surface area contributed by atoms with Crippen LogP contribution in [0.2, 0.25) is 0 Å². The summed E-state index contributed by atoms with van der Waals surface area (Å²) in [6.07, 6.45) is -0.225. The van der Waals surface area contributed by atoms with Crippen LogP contribution in [0.25, 0.3) is 0 Å². The van der Waals surface area contributed by atoms with Crippen LogP contribution in [0.15, 0.2) is 48.5 Å². The molecule has 29 heavy (non-hydrogen) atoms. The molecule has 6 nitrogen and oxygen atoms in total. The Labute approximate surface area is 170 Å². The highest BCUT2D eigenvalue weighted by Crippen LogP contribution is 2.30. The van der Waals surface area contributed by atoms with Crippen molar-refractivity contribution in [2.75, 3.05) is 13.2 Å². The Morgan fingerprint density at radius 1 is 1.10 bits per heavy atom. The van der Waals surface area contributed by atoms with Gasteiger partial charge in [0.25, 0.3) is 5.91 Å². The third kappa shape index (κ3) is 4.11. The minimum atomic E-state index is -0.225. The highest BCUT2D eigenvalue weighted by atomic mass is 16.6. The van der Waals surface area contributed by atoms with E-state index in [4.69, 9.17) is 9.47 Å². The summed E-state index contributed by atoms with van der Waals surface area (Å²) in [6, 6.07) is 15.9. The fourth-order valence-corrected chi connectivity index (χ4v) is 3.50. The lowest BCUT2D eigenvalue weighted by Gasteiger charge is -2.26. The van der Waals surface area contributed by atoms with Crippen molar-refractivity contribution < 1.29 is 14.3 Å². The van der Waals surface area contributed by atoms with Gasteiger partial charge in [-0.25, -0.2) is 0 Å². The SMILES string of the molecule is Cc1ccc(Cn2nc(C)c(C(=O)NC[C@@H]3COc4ccccc4O3)c2C)cc1. The van der Waals surface area contributed by atoms with Crippen molar-refractivity contribution >= 4 is 5.91 Å². The number of rotatable bonds is 5. The van der Waals surface area contributed by atoms with Crippen LogP contribution >= 0.6 is 0 Å². The van der Waals surface area contributed by atoms with E-state index in [1.807, 2.05) is 42.8 Å². The first-order chi connectivity index (χ1) is 14.0. The Kier molecular flexibility index (Phi) is 5.25. The molecule has 0 unspecified atom stereocenters. The van der Waals surface area contributed by atoms with Gasteiger partial charge in [-0.2, -0.15) is 5.10 Å². The Hall–Kier alpha value is -3.28. The zero-order valence-electron chi connectivity index (χ0n) is 16.9. The standard InChI is InChI=1S/C23H25N3O3/c1-15-8-10-18(11-9-15)13-26-17(3)22(16(2)25-26)23(27)24-12-19-14-28-20-6-4-5-7-21(20)29-19/h4-11,19H,12-14H2,1-3H3,(H,24,27)/t19-/m1/s1. The van der Waals surface area contributed by atoms with Crippen molar-refractivity contribution in [1.29, 1.82) is 0 Å². The van der Waals surface area contributed by atoms with Crippen LogP contribution in [0.1, 0.15) is 32.9 Å². The number of fused-ring (bicyclic) bond motifs is 1. The molecule has 0 radical (unpaired) electrons. The molecule has 1 N–H and O–H groups in total. The first-order valence-electron chi connectivity index (χ1n) is 9.77. The number of hydrogen-bond donors (Lipinski definition) is 1. The van der Waals surface area contributed by atoms with Gasteiger partial charge in [0, 0.05) is 5.69 Å². The van der Waals surface area contributed by atoms with Crippen molar-refractivity contribution in [3.63, 3.8) is 0 Å². The van der Waals surface area contributed by atoms with Gasteiger partial charge in [0.05, 0.1) is 24.3 Å².